The molecule has 0 aromatic heterocycles. The van der Waals surface area contributed by atoms with Crippen LogP contribution in [-0.4, -0.2) is 17.9 Å². The van der Waals surface area contributed by atoms with Crippen molar-refractivity contribution in [1.29, 1.82) is 0 Å². The molecule has 2 N–H and O–H groups in total. The molecule has 0 saturated carbocycles. The van der Waals surface area contributed by atoms with Gasteiger partial charge in [0.05, 0.1) is 11.4 Å². The van der Waals surface area contributed by atoms with Crippen molar-refractivity contribution >= 4 is 23.2 Å². The van der Waals surface area contributed by atoms with Crippen LogP contribution in [0.25, 0.3) is 0 Å². The molecule has 0 saturated heterocycles. The van der Waals surface area contributed by atoms with Gasteiger partial charge in [0.25, 0.3) is 5.91 Å². The van der Waals surface area contributed by atoms with Crippen LogP contribution in [-0.2, 0) is 15.0 Å². The van der Waals surface area contributed by atoms with Gasteiger partial charge in [-0.05, 0) is 48.6 Å². The Bertz CT molecular complexity index is 807. The van der Waals surface area contributed by atoms with Crippen LogP contribution >= 0.6 is 0 Å². The summed E-state index contributed by atoms with van der Waals surface area (Å²) in [5.41, 5.74) is 2.40. The number of anilines is 2. The lowest BCUT2D eigenvalue weighted by Gasteiger charge is -2.20. The van der Waals surface area contributed by atoms with Crippen LogP contribution in [0.2, 0.25) is 0 Å². The van der Waals surface area contributed by atoms with Crippen LogP contribution in [0.15, 0.2) is 48.5 Å². The maximum atomic E-state index is 12.6. The van der Waals surface area contributed by atoms with Gasteiger partial charge in [-0.15, -0.1) is 0 Å². The normalized spacial score (nSPS) is 12.2. The number of amides is 2. The minimum atomic E-state index is -0.681. The highest BCUT2D eigenvalue weighted by Crippen LogP contribution is 2.25. The molecule has 0 aliphatic heterocycles. The monoisotopic (exact) mass is 382 g/mol. The Hall–Kier alpha value is -2.82. The zero-order valence-corrected chi connectivity index (χ0v) is 17.3. The van der Waals surface area contributed by atoms with Gasteiger partial charge in [0.15, 0.2) is 6.10 Å². The van der Waals surface area contributed by atoms with Gasteiger partial charge in [-0.2, -0.15) is 0 Å². The molecular formula is C23H30N2O3. The summed E-state index contributed by atoms with van der Waals surface area (Å²) in [5, 5.41) is 5.67. The van der Waals surface area contributed by atoms with E-state index in [-0.39, 0.29) is 17.2 Å². The van der Waals surface area contributed by atoms with Crippen molar-refractivity contribution in [3.8, 4) is 5.75 Å². The lowest BCUT2D eigenvalue weighted by atomic mass is 9.87. The second kappa shape index (κ2) is 9.40. The van der Waals surface area contributed by atoms with Crippen LogP contribution in [0.4, 0.5) is 11.4 Å². The first-order valence-corrected chi connectivity index (χ1v) is 9.67. The Balaban J connectivity index is 2.02. The van der Waals surface area contributed by atoms with E-state index in [1.54, 1.807) is 19.1 Å². The number of nitrogens with one attached hydrogen (secondary N) is 2. The van der Waals surface area contributed by atoms with Crippen molar-refractivity contribution in [2.75, 3.05) is 10.6 Å². The average molecular weight is 383 g/mol. The van der Waals surface area contributed by atoms with E-state index in [0.29, 0.717) is 23.5 Å². The third-order valence-electron chi connectivity index (χ3n) is 4.34. The summed E-state index contributed by atoms with van der Waals surface area (Å²) in [5.74, 6) is 0.282. The Kier molecular flexibility index (Phi) is 7.21. The van der Waals surface area contributed by atoms with Gasteiger partial charge in [0, 0.05) is 6.42 Å². The van der Waals surface area contributed by atoms with Crippen LogP contribution in [0.5, 0.6) is 5.75 Å². The number of benzene rings is 2. The lowest BCUT2D eigenvalue weighted by Crippen LogP contribution is -2.30. The van der Waals surface area contributed by atoms with Crippen molar-refractivity contribution in [3.63, 3.8) is 0 Å². The molecule has 2 rings (SSSR count). The Morgan fingerprint density at radius 3 is 2.07 bits per heavy atom. The van der Waals surface area contributed by atoms with Crippen molar-refractivity contribution in [2.45, 2.75) is 59.0 Å². The van der Waals surface area contributed by atoms with E-state index >= 15 is 0 Å². The molecule has 5 heteroatoms. The van der Waals surface area contributed by atoms with Gasteiger partial charge < -0.3 is 15.4 Å². The topological polar surface area (TPSA) is 67.4 Å². The van der Waals surface area contributed by atoms with Gasteiger partial charge in [0.1, 0.15) is 5.75 Å². The Labute approximate surface area is 167 Å². The highest BCUT2D eigenvalue weighted by molar-refractivity contribution is 6.00. The fourth-order valence-corrected chi connectivity index (χ4v) is 2.67. The first-order valence-electron chi connectivity index (χ1n) is 9.67. The van der Waals surface area contributed by atoms with Gasteiger partial charge >= 0.3 is 0 Å². The summed E-state index contributed by atoms with van der Waals surface area (Å²) in [6.07, 6.45) is 0.519. The summed E-state index contributed by atoms with van der Waals surface area (Å²) >= 11 is 0. The minimum Gasteiger partial charge on any atom is -0.481 e. The number of rotatable bonds is 7. The molecule has 2 amide bonds. The Morgan fingerprint density at radius 1 is 0.964 bits per heavy atom. The molecule has 0 radical (unpaired) electrons. The second-order valence-electron chi connectivity index (χ2n) is 7.87. The average Bonchev–Trinajstić information content (AvgIpc) is 2.63. The number of hydrogen-bond acceptors (Lipinski definition) is 3. The van der Waals surface area contributed by atoms with Crippen LogP contribution in [0.1, 0.15) is 53.0 Å². The minimum absolute atomic E-state index is 0.0629. The second-order valence-corrected chi connectivity index (χ2v) is 7.87. The van der Waals surface area contributed by atoms with E-state index in [0.717, 1.165) is 6.42 Å². The van der Waals surface area contributed by atoms with Gasteiger partial charge in [0.2, 0.25) is 5.91 Å². The molecule has 0 bridgehead atoms. The standard InChI is InChI=1S/C23H30N2O3/c1-6-9-21(26)24-19-10-7-8-11-20(19)25-22(27)16(2)28-18-14-12-17(13-15-18)23(3,4)5/h7-8,10-16H,6,9H2,1-5H3,(H,24,26)(H,25,27). The predicted octanol–water partition coefficient (Wildman–Crippen LogP) is 5.13. The van der Waals surface area contributed by atoms with E-state index in [4.69, 9.17) is 4.74 Å². The van der Waals surface area contributed by atoms with E-state index in [1.165, 1.54) is 5.56 Å². The summed E-state index contributed by atoms with van der Waals surface area (Å²) < 4.78 is 5.78. The van der Waals surface area contributed by atoms with Crippen LogP contribution in [0.3, 0.4) is 0 Å². The van der Waals surface area contributed by atoms with Crippen molar-refractivity contribution in [2.24, 2.45) is 0 Å². The molecule has 1 unspecified atom stereocenters. The molecule has 0 heterocycles. The summed E-state index contributed by atoms with van der Waals surface area (Å²) in [6, 6.07) is 14.9. The molecule has 2 aromatic carbocycles. The maximum Gasteiger partial charge on any atom is 0.265 e. The quantitative estimate of drug-likeness (QED) is 0.698. The zero-order chi connectivity index (χ0) is 20.7. The van der Waals surface area contributed by atoms with Gasteiger partial charge in [-0.25, -0.2) is 0 Å². The first-order chi connectivity index (χ1) is 13.2. The third kappa shape index (κ3) is 6.12. The van der Waals surface area contributed by atoms with Gasteiger partial charge in [-0.3, -0.25) is 9.59 Å². The number of hydrogen-bond donors (Lipinski definition) is 2. The van der Waals surface area contributed by atoms with Crippen LogP contribution in [0, 0.1) is 0 Å². The molecule has 5 nitrogen and oxygen atoms in total. The predicted molar refractivity (Wildman–Crippen MR) is 114 cm³/mol. The number of carbonyl (C=O) groups excluding carboxylic acids is 2. The molecule has 28 heavy (non-hydrogen) atoms. The maximum absolute atomic E-state index is 12.6. The molecular weight excluding hydrogens is 352 g/mol. The van der Waals surface area contributed by atoms with E-state index in [9.17, 15) is 9.59 Å². The highest BCUT2D eigenvalue weighted by atomic mass is 16.5. The van der Waals surface area contributed by atoms with E-state index in [2.05, 4.69) is 31.4 Å². The molecule has 1 atom stereocenters. The third-order valence-corrected chi connectivity index (χ3v) is 4.34. The molecule has 0 fully saturated rings. The summed E-state index contributed by atoms with van der Waals surface area (Å²) in [7, 11) is 0. The zero-order valence-electron chi connectivity index (χ0n) is 17.3. The fraction of sp³-hybridized carbons (Fsp3) is 0.391. The molecule has 0 aliphatic carbocycles. The largest absolute Gasteiger partial charge is 0.481 e. The van der Waals surface area contributed by atoms with Crippen molar-refractivity contribution in [1.82, 2.24) is 0 Å². The highest BCUT2D eigenvalue weighted by Gasteiger charge is 2.18. The smallest absolute Gasteiger partial charge is 0.265 e. The molecule has 0 aliphatic rings. The summed E-state index contributed by atoms with van der Waals surface area (Å²) in [6.45, 7) is 10.1. The molecule has 2 aromatic rings. The summed E-state index contributed by atoms with van der Waals surface area (Å²) in [4.78, 5) is 24.4. The Morgan fingerprint density at radius 2 is 1.54 bits per heavy atom. The van der Waals surface area contributed by atoms with Crippen molar-refractivity contribution < 1.29 is 14.3 Å². The van der Waals surface area contributed by atoms with E-state index in [1.807, 2.05) is 43.3 Å². The van der Waals surface area contributed by atoms with Crippen molar-refractivity contribution in [3.05, 3.63) is 54.1 Å². The fourth-order valence-electron chi connectivity index (χ4n) is 2.67. The first kappa shape index (κ1) is 21.5. The van der Waals surface area contributed by atoms with E-state index < -0.39 is 6.10 Å². The number of carbonyl (C=O) groups is 2. The SMILES string of the molecule is CCCC(=O)Nc1ccccc1NC(=O)C(C)Oc1ccc(C(C)(C)C)cc1. The molecule has 150 valence electrons. The molecule has 0 spiro atoms. The number of para-hydroxylation sites is 2. The number of ether oxygens (including phenoxy) is 1. The van der Waals surface area contributed by atoms with Gasteiger partial charge in [-0.1, -0.05) is 52.0 Å². The van der Waals surface area contributed by atoms with Crippen LogP contribution < -0.4 is 15.4 Å². The lowest BCUT2D eigenvalue weighted by molar-refractivity contribution is -0.122.